The Kier molecular flexibility index (Phi) is 4.29. The molecule has 1 saturated heterocycles. The zero-order valence-corrected chi connectivity index (χ0v) is 13.1. The smallest absolute Gasteiger partial charge is 0.237 e. The highest BCUT2D eigenvalue weighted by atomic mass is 16.2. The molecule has 0 bridgehead atoms. The molecule has 1 aliphatic carbocycles. The van der Waals surface area contributed by atoms with E-state index in [1.807, 2.05) is 11.6 Å². The van der Waals surface area contributed by atoms with Crippen LogP contribution in [0.3, 0.4) is 0 Å². The molecule has 1 aromatic heterocycles. The lowest BCUT2D eigenvalue weighted by Gasteiger charge is -2.17. The Labute approximate surface area is 126 Å². The largest absolute Gasteiger partial charge is 0.355 e. The lowest BCUT2D eigenvalue weighted by Crippen LogP contribution is -2.44. The van der Waals surface area contributed by atoms with E-state index in [1.165, 1.54) is 25.0 Å². The zero-order valence-electron chi connectivity index (χ0n) is 13.1. The number of fused-ring (bicyclic) bond motifs is 1. The third kappa shape index (κ3) is 3.12. The van der Waals surface area contributed by atoms with Crippen molar-refractivity contribution in [2.45, 2.75) is 52.1 Å². The van der Waals surface area contributed by atoms with Crippen molar-refractivity contribution in [3.8, 4) is 0 Å². The molecule has 2 fully saturated rings. The summed E-state index contributed by atoms with van der Waals surface area (Å²) in [6.07, 6.45) is 4.72. The molecule has 116 valence electrons. The second kappa shape index (κ2) is 6.18. The highest BCUT2D eigenvalue weighted by Crippen LogP contribution is 2.37. The van der Waals surface area contributed by atoms with E-state index >= 15 is 0 Å². The highest BCUT2D eigenvalue weighted by molar-refractivity contribution is 5.82. The number of aromatic nitrogens is 2. The lowest BCUT2D eigenvalue weighted by molar-refractivity contribution is -0.123. The van der Waals surface area contributed by atoms with Crippen molar-refractivity contribution in [2.75, 3.05) is 13.1 Å². The van der Waals surface area contributed by atoms with Gasteiger partial charge in [-0.3, -0.25) is 9.48 Å². The molecule has 1 saturated carbocycles. The van der Waals surface area contributed by atoms with E-state index in [1.54, 1.807) is 0 Å². The van der Waals surface area contributed by atoms with Crippen molar-refractivity contribution in [2.24, 2.45) is 11.8 Å². The Morgan fingerprint density at radius 3 is 3.10 bits per heavy atom. The molecule has 0 radical (unpaired) electrons. The molecular weight excluding hydrogens is 264 g/mol. The molecule has 0 spiro atoms. The Hall–Kier alpha value is -1.36. The Balaban J connectivity index is 1.41. The molecule has 21 heavy (non-hydrogen) atoms. The number of carbonyl (C=O) groups excluding carboxylic acids is 1. The van der Waals surface area contributed by atoms with Crippen LogP contribution >= 0.6 is 0 Å². The Morgan fingerprint density at radius 1 is 1.48 bits per heavy atom. The van der Waals surface area contributed by atoms with E-state index in [2.05, 4.69) is 28.7 Å². The van der Waals surface area contributed by atoms with Gasteiger partial charge in [0.05, 0.1) is 11.7 Å². The molecular formula is C16H26N4O. The fourth-order valence-corrected chi connectivity index (χ4v) is 3.93. The number of amides is 1. The van der Waals surface area contributed by atoms with Gasteiger partial charge in [-0.1, -0.05) is 6.42 Å². The normalized spacial score (nSPS) is 27.8. The maximum atomic E-state index is 12.3. The summed E-state index contributed by atoms with van der Waals surface area (Å²) < 4.78 is 2.02. The molecule has 1 aliphatic heterocycles. The van der Waals surface area contributed by atoms with Crippen LogP contribution in [0, 0.1) is 25.7 Å². The highest BCUT2D eigenvalue weighted by Gasteiger charge is 2.42. The van der Waals surface area contributed by atoms with Crippen LogP contribution in [0.4, 0.5) is 0 Å². The average Bonchev–Trinajstić information content (AvgIpc) is 3.10. The van der Waals surface area contributed by atoms with E-state index in [4.69, 9.17) is 0 Å². The molecule has 5 nitrogen and oxygen atoms in total. The number of carbonyl (C=O) groups is 1. The van der Waals surface area contributed by atoms with Crippen LogP contribution in [0.2, 0.25) is 0 Å². The van der Waals surface area contributed by atoms with Gasteiger partial charge in [-0.05, 0) is 57.6 Å². The predicted octanol–water partition coefficient (Wildman–Crippen LogP) is 1.39. The molecule has 3 rings (SSSR count). The van der Waals surface area contributed by atoms with Gasteiger partial charge in [-0.15, -0.1) is 0 Å². The standard InChI is InChI=1S/C16H26N4O/c1-11-9-12(2)20(19-11)8-4-7-17-16(21)15-14-6-3-5-13(14)10-18-15/h9,13-15,18H,3-8,10H2,1-2H3,(H,17,21). The molecule has 2 heterocycles. The number of nitrogens with one attached hydrogen (secondary N) is 2. The van der Waals surface area contributed by atoms with E-state index in [0.29, 0.717) is 5.92 Å². The summed E-state index contributed by atoms with van der Waals surface area (Å²) in [4.78, 5) is 12.3. The van der Waals surface area contributed by atoms with E-state index in [9.17, 15) is 4.79 Å². The van der Waals surface area contributed by atoms with E-state index < -0.39 is 0 Å². The quantitative estimate of drug-likeness (QED) is 0.806. The number of hydrogen-bond acceptors (Lipinski definition) is 3. The second-order valence-corrected chi connectivity index (χ2v) is 6.54. The lowest BCUT2D eigenvalue weighted by atomic mass is 9.93. The van der Waals surface area contributed by atoms with Gasteiger partial charge in [-0.2, -0.15) is 5.10 Å². The summed E-state index contributed by atoms with van der Waals surface area (Å²) in [6.45, 7) is 6.70. The fraction of sp³-hybridized carbons (Fsp3) is 0.750. The first-order valence-electron chi connectivity index (χ1n) is 8.17. The number of aryl methyl sites for hydroxylation is 3. The topological polar surface area (TPSA) is 59.0 Å². The van der Waals surface area contributed by atoms with Crippen LogP contribution in [0.5, 0.6) is 0 Å². The molecule has 5 heteroatoms. The van der Waals surface area contributed by atoms with Crippen LogP contribution in [0.1, 0.15) is 37.1 Å². The van der Waals surface area contributed by atoms with Gasteiger partial charge in [0.1, 0.15) is 0 Å². The number of nitrogens with zero attached hydrogens (tertiary/aromatic N) is 2. The van der Waals surface area contributed by atoms with Gasteiger partial charge in [0, 0.05) is 18.8 Å². The second-order valence-electron chi connectivity index (χ2n) is 6.54. The van der Waals surface area contributed by atoms with Gasteiger partial charge in [0.2, 0.25) is 5.91 Å². The van der Waals surface area contributed by atoms with E-state index in [0.717, 1.165) is 37.7 Å². The van der Waals surface area contributed by atoms with Gasteiger partial charge in [0.15, 0.2) is 0 Å². The van der Waals surface area contributed by atoms with E-state index in [-0.39, 0.29) is 11.9 Å². The van der Waals surface area contributed by atoms with Gasteiger partial charge >= 0.3 is 0 Å². The summed E-state index contributed by atoms with van der Waals surface area (Å²) >= 11 is 0. The molecule has 2 N–H and O–H groups in total. The molecule has 0 aromatic carbocycles. The van der Waals surface area contributed by atoms with Crippen molar-refractivity contribution in [3.63, 3.8) is 0 Å². The summed E-state index contributed by atoms with van der Waals surface area (Å²) in [5.74, 6) is 1.49. The van der Waals surface area contributed by atoms with Crippen molar-refractivity contribution in [3.05, 3.63) is 17.5 Å². The van der Waals surface area contributed by atoms with Crippen molar-refractivity contribution < 1.29 is 4.79 Å². The van der Waals surface area contributed by atoms with Crippen molar-refractivity contribution in [1.82, 2.24) is 20.4 Å². The molecule has 1 aromatic rings. The molecule has 3 unspecified atom stereocenters. The monoisotopic (exact) mass is 290 g/mol. The third-order valence-corrected chi connectivity index (χ3v) is 4.98. The maximum absolute atomic E-state index is 12.3. The van der Waals surface area contributed by atoms with Gasteiger partial charge in [0.25, 0.3) is 0 Å². The Morgan fingerprint density at radius 2 is 2.33 bits per heavy atom. The minimum Gasteiger partial charge on any atom is -0.355 e. The van der Waals surface area contributed by atoms with Gasteiger partial charge < -0.3 is 10.6 Å². The SMILES string of the molecule is Cc1cc(C)n(CCCNC(=O)C2NCC3CCCC32)n1. The molecule has 3 atom stereocenters. The predicted molar refractivity (Wildman–Crippen MR) is 81.9 cm³/mol. The van der Waals surface area contributed by atoms with Crippen molar-refractivity contribution in [1.29, 1.82) is 0 Å². The van der Waals surface area contributed by atoms with Crippen LogP contribution < -0.4 is 10.6 Å². The number of rotatable bonds is 5. The first-order valence-corrected chi connectivity index (χ1v) is 8.17. The minimum atomic E-state index is 0.0474. The van der Waals surface area contributed by atoms with Crippen LogP contribution in [-0.2, 0) is 11.3 Å². The molecule has 1 amide bonds. The maximum Gasteiger partial charge on any atom is 0.237 e. The van der Waals surface area contributed by atoms with Crippen LogP contribution in [0.25, 0.3) is 0 Å². The summed E-state index contributed by atoms with van der Waals surface area (Å²) in [6, 6.07) is 2.13. The third-order valence-electron chi connectivity index (χ3n) is 4.98. The minimum absolute atomic E-state index is 0.0474. The fourth-order valence-electron chi connectivity index (χ4n) is 3.93. The summed E-state index contributed by atoms with van der Waals surface area (Å²) in [5.41, 5.74) is 2.24. The summed E-state index contributed by atoms with van der Waals surface area (Å²) in [7, 11) is 0. The van der Waals surface area contributed by atoms with Gasteiger partial charge in [-0.25, -0.2) is 0 Å². The first kappa shape index (κ1) is 14.6. The first-order chi connectivity index (χ1) is 10.1. The van der Waals surface area contributed by atoms with Crippen molar-refractivity contribution >= 4 is 5.91 Å². The molecule has 2 aliphatic rings. The van der Waals surface area contributed by atoms with Crippen LogP contribution in [-0.4, -0.2) is 34.8 Å². The average molecular weight is 290 g/mol. The zero-order chi connectivity index (χ0) is 14.8. The van der Waals surface area contributed by atoms with Crippen LogP contribution in [0.15, 0.2) is 6.07 Å². The number of hydrogen-bond donors (Lipinski definition) is 2. The summed E-state index contributed by atoms with van der Waals surface area (Å²) in [5, 5.41) is 10.9. The Bertz CT molecular complexity index is 510.